The molecule has 0 radical (unpaired) electrons. The fraction of sp³-hybridized carbons (Fsp3) is 0.556. The van der Waals surface area contributed by atoms with Crippen LogP contribution in [0.4, 0.5) is 5.69 Å². The average Bonchev–Trinajstić information content (AvgIpc) is 3.39. The topological polar surface area (TPSA) is 46.9 Å². The molecule has 5 heteroatoms. The fourth-order valence-electron chi connectivity index (χ4n) is 8.23. The van der Waals surface area contributed by atoms with Crippen molar-refractivity contribution < 1.29 is 4.79 Å². The summed E-state index contributed by atoms with van der Waals surface area (Å²) in [6.07, 6.45) is 15.8. The SMILES string of the molecule is C[C@]12CC[C@H]3[C@@H](CCC4n5ccnc5C=C[C@@]43C)[C@@H]1CC[C@@H]2C(=O)Nc1ccccc1Cl. The van der Waals surface area contributed by atoms with Gasteiger partial charge in [-0.2, -0.15) is 0 Å². The van der Waals surface area contributed by atoms with E-state index in [1.165, 1.54) is 25.7 Å². The van der Waals surface area contributed by atoms with Crippen LogP contribution in [0.25, 0.3) is 6.08 Å². The van der Waals surface area contributed by atoms with Crippen LogP contribution in [-0.2, 0) is 4.79 Å². The summed E-state index contributed by atoms with van der Waals surface area (Å²) in [5.74, 6) is 3.32. The highest BCUT2D eigenvalue weighted by Gasteiger charge is 2.61. The van der Waals surface area contributed by atoms with Crippen molar-refractivity contribution >= 4 is 29.3 Å². The third-order valence-corrected chi connectivity index (χ3v) is 10.1. The van der Waals surface area contributed by atoms with E-state index in [1.54, 1.807) is 0 Å². The molecule has 1 N–H and O–H groups in total. The van der Waals surface area contributed by atoms with E-state index in [4.69, 9.17) is 11.6 Å². The Labute approximate surface area is 195 Å². The largest absolute Gasteiger partial charge is 0.328 e. The molecule has 3 aliphatic carbocycles. The second-order valence-corrected chi connectivity index (χ2v) is 11.4. The van der Waals surface area contributed by atoms with Crippen molar-refractivity contribution in [1.29, 1.82) is 0 Å². The summed E-state index contributed by atoms with van der Waals surface area (Å²) in [6.45, 7) is 4.88. The van der Waals surface area contributed by atoms with Gasteiger partial charge in [-0.1, -0.05) is 43.7 Å². The molecule has 3 fully saturated rings. The van der Waals surface area contributed by atoms with Gasteiger partial charge in [0.25, 0.3) is 0 Å². The van der Waals surface area contributed by atoms with Crippen LogP contribution in [0.5, 0.6) is 0 Å². The van der Waals surface area contributed by atoms with Gasteiger partial charge in [0.05, 0.1) is 10.7 Å². The number of benzene rings is 1. The van der Waals surface area contributed by atoms with Gasteiger partial charge in [0.2, 0.25) is 5.91 Å². The number of hydrogen-bond donors (Lipinski definition) is 1. The van der Waals surface area contributed by atoms with Gasteiger partial charge in [-0.15, -0.1) is 0 Å². The van der Waals surface area contributed by atoms with Crippen molar-refractivity contribution in [3.63, 3.8) is 0 Å². The number of fused-ring (bicyclic) bond motifs is 7. The minimum atomic E-state index is 0.0670. The van der Waals surface area contributed by atoms with Gasteiger partial charge in [0, 0.05) is 29.8 Å². The predicted octanol–water partition coefficient (Wildman–Crippen LogP) is 6.60. The summed E-state index contributed by atoms with van der Waals surface area (Å²) in [6, 6.07) is 8.07. The van der Waals surface area contributed by atoms with Crippen molar-refractivity contribution in [2.75, 3.05) is 5.32 Å². The molecule has 4 nitrogen and oxygen atoms in total. The maximum absolute atomic E-state index is 13.4. The highest BCUT2D eigenvalue weighted by atomic mass is 35.5. The van der Waals surface area contributed by atoms with Gasteiger partial charge in [-0.3, -0.25) is 4.79 Å². The third-order valence-electron chi connectivity index (χ3n) is 9.80. The molecule has 0 bridgehead atoms. The van der Waals surface area contributed by atoms with Gasteiger partial charge in [0.1, 0.15) is 5.82 Å². The average molecular weight is 450 g/mol. The van der Waals surface area contributed by atoms with Gasteiger partial charge in [-0.05, 0) is 79.9 Å². The molecule has 168 valence electrons. The number of halogens is 1. The summed E-state index contributed by atoms with van der Waals surface area (Å²) in [4.78, 5) is 17.9. The Bertz CT molecular complexity index is 1090. The van der Waals surface area contributed by atoms with Crippen LogP contribution >= 0.6 is 11.6 Å². The van der Waals surface area contributed by atoms with Crippen molar-refractivity contribution in [1.82, 2.24) is 9.55 Å². The lowest BCUT2D eigenvalue weighted by atomic mass is 9.48. The van der Waals surface area contributed by atoms with E-state index in [-0.39, 0.29) is 22.7 Å². The number of allylic oxidation sites excluding steroid dienone is 1. The van der Waals surface area contributed by atoms with E-state index in [0.29, 0.717) is 28.8 Å². The second kappa shape index (κ2) is 7.21. The number of carbonyl (C=O) groups is 1. The Morgan fingerprint density at radius 3 is 2.81 bits per heavy atom. The van der Waals surface area contributed by atoms with Crippen LogP contribution in [0.1, 0.15) is 64.2 Å². The van der Waals surface area contributed by atoms with Crippen molar-refractivity contribution in [2.24, 2.45) is 34.5 Å². The highest BCUT2D eigenvalue weighted by molar-refractivity contribution is 6.33. The minimum absolute atomic E-state index is 0.0670. The first-order chi connectivity index (χ1) is 15.4. The first-order valence-electron chi connectivity index (χ1n) is 12.2. The summed E-state index contributed by atoms with van der Waals surface area (Å²) in [7, 11) is 0. The number of hydrogen-bond acceptors (Lipinski definition) is 2. The second-order valence-electron chi connectivity index (χ2n) is 11.0. The molecule has 0 spiro atoms. The first-order valence-corrected chi connectivity index (χ1v) is 12.6. The molecule has 1 aromatic heterocycles. The smallest absolute Gasteiger partial charge is 0.228 e. The van der Waals surface area contributed by atoms with Gasteiger partial charge < -0.3 is 9.88 Å². The summed E-state index contributed by atoms with van der Waals surface area (Å²) in [5.41, 5.74) is 0.987. The first kappa shape index (κ1) is 20.5. The molecule has 6 rings (SSSR count). The lowest BCUT2D eigenvalue weighted by Crippen LogP contribution is -2.53. The monoisotopic (exact) mass is 449 g/mol. The Hall–Kier alpha value is -2.07. The molecular formula is C27H32ClN3O. The number of nitrogens with zero attached hydrogens (tertiary/aromatic N) is 2. The number of carbonyl (C=O) groups excluding carboxylic acids is 1. The van der Waals surface area contributed by atoms with E-state index in [9.17, 15) is 4.79 Å². The van der Waals surface area contributed by atoms with E-state index < -0.39 is 0 Å². The minimum Gasteiger partial charge on any atom is -0.328 e. The van der Waals surface area contributed by atoms with Crippen LogP contribution in [-0.4, -0.2) is 15.5 Å². The van der Waals surface area contributed by atoms with Crippen LogP contribution in [0.15, 0.2) is 42.7 Å². The maximum Gasteiger partial charge on any atom is 0.228 e. The van der Waals surface area contributed by atoms with E-state index >= 15 is 0 Å². The fourth-order valence-corrected chi connectivity index (χ4v) is 8.41. The molecule has 0 saturated heterocycles. The van der Waals surface area contributed by atoms with Crippen molar-refractivity contribution in [3.8, 4) is 0 Å². The number of rotatable bonds is 2. The van der Waals surface area contributed by atoms with Crippen molar-refractivity contribution in [3.05, 3.63) is 53.6 Å². The molecule has 1 aliphatic heterocycles. The summed E-state index contributed by atoms with van der Waals surface area (Å²) >= 11 is 6.32. The molecule has 1 amide bonds. The quantitative estimate of drug-likeness (QED) is 0.561. The van der Waals surface area contributed by atoms with Crippen LogP contribution in [0.2, 0.25) is 5.02 Å². The maximum atomic E-state index is 13.4. The van der Waals surface area contributed by atoms with Gasteiger partial charge in [-0.25, -0.2) is 4.98 Å². The van der Waals surface area contributed by atoms with Crippen LogP contribution < -0.4 is 5.32 Å². The Balaban J connectivity index is 1.26. The summed E-state index contributed by atoms with van der Waals surface area (Å²) in [5, 5.41) is 3.76. The molecular weight excluding hydrogens is 418 g/mol. The normalized spacial score (nSPS) is 39.5. The zero-order chi connectivity index (χ0) is 22.1. The number of anilines is 1. The Morgan fingerprint density at radius 1 is 1.12 bits per heavy atom. The standard InChI is InChI=1S/C27H32ClN3O/c1-26-13-11-19-17(7-10-23-27(19,2)14-12-24-29-15-16-31(23)24)18(26)8-9-20(26)25(32)30-22-6-4-3-5-21(22)28/h3-6,12,14-20,23H,7-11,13H2,1-2H3,(H,30,32)/t17-,18-,19-,20+,23?,26-,27+/m0/s1. The van der Waals surface area contributed by atoms with Gasteiger partial charge in [0.15, 0.2) is 0 Å². The summed E-state index contributed by atoms with van der Waals surface area (Å²) < 4.78 is 2.42. The Morgan fingerprint density at radius 2 is 1.97 bits per heavy atom. The van der Waals surface area contributed by atoms with Gasteiger partial charge >= 0.3 is 0 Å². The number of para-hydroxylation sites is 1. The Kier molecular flexibility index (Phi) is 4.63. The molecule has 32 heavy (non-hydrogen) atoms. The molecule has 4 aliphatic rings. The van der Waals surface area contributed by atoms with E-state index in [2.05, 4.69) is 47.1 Å². The number of nitrogens with one attached hydrogen (secondary N) is 1. The number of aromatic nitrogens is 2. The molecule has 1 unspecified atom stereocenters. The number of amides is 1. The molecule has 2 heterocycles. The highest BCUT2D eigenvalue weighted by Crippen LogP contribution is 2.67. The number of imidazole rings is 1. The van der Waals surface area contributed by atoms with E-state index in [1.807, 2.05) is 30.5 Å². The molecule has 2 aromatic rings. The van der Waals surface area contributed by atoms with Crippen LogP contribution in [0.3, 0.4) is 0 Å². The van der Waals surface area contributed by atoms with Crippen LogP contribution in [0, 0.1) is 34.5 Å². The lowest BCUT2D eigenvalue weighted by Gasteiger charge is -2.59. The molecule has 3 saturated carbocycles. The molecule has 1 aromatic carbocycles. The predicted molar refractivity (Wildman–Crippen MR) is 128 cm³/mol. The van der Waals surface area contributed by atoms with Crippen molar-refractivity contribution in [2.45, 2.75) is 58.4 Å². The lowest BCUT2D eigenvalue weighted by molar-refractivity contribution is -0.127. The zero-order valence-corrected chi connectivity index (χ0v) is 19.7. The third kappa shape index (κ3) is 2.81. The van der Waals surface area contributed by atoms with E-state index in [0.717, 1.165) is 24.4 Å². The molecule has 7 atom stereocenters. The zero-order valence-electron chi connectivity index (χ0n) is 18.9.